The number of carbonyl (C=O) groups is 1. The van der Waals surface area contributed by atoms with Gasteiger partial charge in [0.05, 0.1) is 4.90 Å². The Morgan fingerprint density at radius 1 is 0.875 bits per heavy atom. The van der Waals surface area contributed by atoms with Crippen molar-refractivity contribution in [2.45, 2.75) is 11.5 Å². The fourth-order valence-electron chi connectivity index (χ4n) is 3.53. The third-order valence-corrected chi connectivity index (χ3v) is 7.22. The van der Waals surface area contributed by atoms with Crippen molar-refractivity contribution in [2.24, 2.45) is 0 Å². The summed E-state index contributed by atoms with van der Waals surface area (Å²) >= 11 is 0. The van der Waals surface area contributed by atoms with E-state index in [0.717, 1.165) is 17.7 Å². The second-order valence-electron chi connectivity index (χ2n) is 7.45. The van der Waals surface area contributed by atoms with Crippen LogP contribution in [0.2, 0.25) is 0 Å². The molecule has 4 rings (SSSR count). The van der Waals surface area contributed by atoms with Crippen molar-refractivity contribution in [3.8, 4) is 5.75 Å². The van der Waals surface area contributed by atoms with Gasteiger partial charge in [-0.3, -0.25) is 4.79 Å². The number of piperazine rings is 1. The van der Waals surface area contributed by atoms with Crippen molar-refractivity contribution in [3.05, 3.63) is 95.8 Å². The second kappa shape index (κ2) is 9.50. The van der Waals surface area contributed by atoms with Crippen LogP contribution >= 0.6 is 0 Å². The number of carbonyl (C=O) groups excluding carboxylic acids is 1. The van der Waals surface area contributed by atoms with Crippen molar-refractivity contribution in [1.82, 2.24) is 9.21 Å². The van der Waals surface area contributed by atoms with E-state index in [1.807, 2.05) is 30.3 Å². The van der Waals surface area contributed by atoms with E-state index < -0.39 is 15.8 Å². The Morgan fingerprint density at radius 3 is 2.25 bits per heavy atom. The number of hydrogen-bond acceptors (Lipinski definition) is 4. The maximum atomic E-state index is 13.1. The molecule has 1 aliphatic heterocycles. The van der Waals surface area contributed by atoms with Crippen LogP contribution in [0.5, 0.6) is 5.75 Å². The Balaban J connectivity index is 1.37. The average Bonchev–Trinajstić information content (AvgIpc) is 2.83. The van der Waals surface area contributed by atoms with Crippen molar-refractivity contribution < 1.29 is 22.3 Å². The minimum Gasteiger partial charge on any atom is -0.489 e. The molecule has 0 N–H and O–H groups in total. The van der Waals surface area contributed by atoms with Gasteiger partial charge in [-0.15, -0.1) is 0 Å². The molecular weight excluding hydrogens is 431 g/mol. The largest absolute Gasteiger partial charge is 0.489 e. The van der Waals surface area contributed by atoms with E-state index in [4.69, 9.17) is 4.74 Å². The highest BCUT2D eigenvalue weighted by Gasteiger charge is 2.30. The summed E-state index contributed by atoms with van der Waals surface area (Å²) in [5.74, 6) is -0.0689. The lowest BCUT2D eigenvalue weighted by Gasteiger charge is -2.34. The number of hydrogen-bond donors (Lipinski definition) is 0. The molecule has 0 bridgehead atoms. The van der Waals surface area contributed by atoms with E-state index >= 15 is 0 Å². The van der Waals surface area contributed by atoms with Gasteiger partial charge in [0.2, 0.25) is 10.0 Å². The van der Waals surface area contributed by atoms with Gasteiger partial charge in [0.15, 0.2) is 0 Å². The summed E-state index contributed by atoms with van der Waals surface area (Å²) in [5.41, 5.74) is 1.52. The first kappa shape index (κ1) is 22.0. The van der Waals surface area contributed by atoms with E-state index in [2.05, 4.69) is 0 Å². The Bertz CT molecular complexity index is 1180. The summed E-state index contributed by atoms with van der Waals surface area (Å²) in [5, 5.41) is 0. The second-order valence-corrected chi connectivity index (χ2v) is 9.39. The first-order valence-electron chi connectivity index (χ1n) is 10.3. The first-order chi connectivity index (χ1) is 15.4. The number of amides is 1. The molecule has 0 unspecified atom stereocenters. The molecule has 0 spiro atoms. The Morgan fingerprint density at radius 2 is 1.56 bits per heavy atom. The van der Waals surface area contributed by atoms with Gasteiger partial charge in [0.25, 0.3) is 5.91 Å². The number of benzene rings is 3. The lowest BCUT2D eigenvalue weighted by molar-refractivity contribution is 0.0697. The predicted molar refractivity (Wildman–Crippen MR) is 118 cm³/mol. The Kier molecular flexibility index (Phi) is 6.53. The Hall–Kier alpha value is -3.23. The molecule has 0 aliphatic carbocycles. The summed E-state index contributed by atoms with van der Waals surface area (Å²) in [6.07, 6.45) is 0. The van der Waals surface area contributed by atoms with Gasteiger partial charge in [-0.25, -0.2) is 12.8 Å². The summed E-state index contributed by atoms with van der Waals surface area (Å²) in [6.45, 7) is 1.30. The van der Waals surface area contributed by atoms with Crippen LogP contribution in [0, 0.1) is 5.82 Å². The molecule has 1 fully saturated rings. The lowest BCUT2D eigenvalue weighted by atomic mass is 10.1. The van der Waals surface area contributed by atoms with Gasteiger partial charge in [0.1, 0.15) is 18.2 Å². The van der Waals surface area contributed by atoms with Crippen LogP contribution in [0.4, 0.5) is 4.39 Å². The van der Waals surface area contributed by atoms with Crippen LogP contribution in [-0.2, 0) is 16.6 Å². The zero-order valence-electron chi connectivity index (χ0n) is 17.4. The van der Waals surface area contributed by atoms with Gasteiger partial charge in [0, 0.05) is 31.7 Å². The van der Waals surface area contributed by atoms with E-state index in [-0.39, 0.29) is 37.0 Å². The first-order valence-corrected chi connectivity index (χ1v) is 11.7. The number of rotatable bonds is 6. The van der Waals surface area contributed by atoms with Crippen LogP contribution in [0.15, 0.2) is 83.8 Å². The van der Waals surface area contributed by atoms with Crippen molar-refractivity contribution in [1.29, 1.82) is 0 Å². The normalized spacial score (nSPS) is 14.8. The quantitative estimate of drug-likeness (QED) is 0.571. The molecule has 0 saturated carbocycles. The molecule has 3 aromatic carbocycles. The fraction of sp³-hybridized carbons (Fsp3) is 0.208. The van der Waals surface area contributed by atoms with E-state index in [1.54, 1.807) is 29.2 Å². The Labute approximate surface area is 186 Å². The molecule has 1 amide bonds. The van der Waals surface area contributed by atoms with E-state index in [1.165, 1.54) is 16.4 Å². The summed E-state index contributed by atoms with van der Waals surface area (Å²) < 4.78 is 45.8. The highest BCUT2D eigenvalue weighted by molar-refractivity contribution is 7.89. The van der Waals surface area contributed by atoms with Gasteiger partial charge in [-0.2, -0.15) is 4.31 Å². The smallest absolute Gasteiger partial charge is 0.254 e. The van der Waals surface area contributed by atoms with Crippen LogP contribution < -0.4 is 4.74 Å². The average molecular weight is 455 g/mol. The minimum atomic E-state index is -3.72. The van der Waals surface area contributed by atoms with Gasteiger partial charge >= 0.3 is 0 Å². The molecule has 1 heterocycles. The third kappa shape index (κ3) is 4.98. The number of nitrogens with zero attached hydrogens (tertiary/aromatic N) is 2. The molecule has 166 valence electrons. The van der Waals surface area contributed by atoms with E-state index in [0.29, 0.717) is 17.9 Å². The number of ether oxygens (including phenoxy) is 1. The predicted octanol–water partition coefficient (Wildman–Crippen LogP) is 3.55. The molecule has 3 aromatic rings. The standard InChI is InChI=1S/C24H23FN2O4S/c25-21-9-11-23(12-10-21)32(29,30)27-15-13-26(14-16-27)24(28)20-7-4-8-22(17-20)31-18-19-5-2-1-3-6-19/h1-12,17H,13-16,18H2. The zero-order valence-corrected chi connectivity index (χ0v) is 18.2. The van der Waals surface area contributed by atoms with E-state index in [9.17, 15) is 17.6 Å². The molecule has 0 atom stereocenters. The molecule has 6 nitrogen and oxygen atoms in total. The van der Waals surface area contributed by atoms with Gasteiger partial charge < -0.3 is 9.64 Å². The van der Waals surface area contributed by atoms with Gasteiger partial charge in [-0.1, -0.05) is 36.4 Å². The fourth-order valence-corrected chi connectivity index (χ4v) is 4.95. The summed E-state index contributed by atoms with van der Waals surface area (Å²) in [6, 6.07) is 21.5. The molecule has 0 radical (unpaired) electrons. The summed E-state index contributed by atoms with van der Waals surface area (Å²) in [4.78, 5) is 14.6. The molecule has 1 saturated heterocycles. The highest BCUT2D eigenvalue weighted by atomic mass is 32.2. The van der Waals surface area contributed by atoms with Crippen molar-refractivity contribution >= 4 is 15.9 Å². The SMILES string of the molecule is O=C(c1cccc(OCc2ccccc2)c1)N1CCN(S(=O)(=O)c2ccc(F)cc2)CC1. The zero-order chi connectivity index (χ0) is 22.6. The van der Waals surface area contributed by atoms with Crippen LogP contribution in [-0.4, -0.2) is 49.7 Å². The molecule has 1 aliphatic rings. The number of sulfonamides is 1. The van der Waals surface area contributed by atoms with Crippen LogP contribution in [0.1, 0.15) is 15.9 Å². The maximum Gasteiger partial charge on any atom is 0.254 e. The lowest BCUT2D eigenvalue weighted by Crippen LogP contribution is -2.50. The molecule has 8 heteroatoms. The van der Waals surface area contributed by atoms with Crippen molar-refractivity contribution in [2.75, 3.05) is 26.2 Å². The monoisotopic (exact) mass is 454 g/mol. The molecular formula is C24H23FN2O4S. The summed E-state index contributed by atoms with van der Waals surface area (Å²) in [7, 11) is -3.72. The third-order valence-electron chi connectivity index (χ3n) is 5.31. The molecule has 32 heavy (non-hydrogen) atoms. The van der Waals surface area contributed by atoms with Crippen LogP contribution in [0.25, 0.3) is 0 Å². The van der Waals surface area contributed by atoms with Gasteiger partial charge in [-0.05, 0) is 48.0 Å². The number of halogens is 1. The topological polar surface area (TPSA) is 66.9 Å². The molecule has 0 aromatic heterocycles. The van der Waals surface area contributed by atoms with Crippen molar-refractivity contribution in [3.63, 3.8) is 0 Å². The minimum absolute atomic E-state index is 0.0435. The maximum absolute atomic E-state index is 13.1. The highest BCUT2D eigenvalue weighted by Crippen LogP contribution is 2.21. The van der Waals surface area contributed by atoms with Crippen LogP contribution in [0.3, 0.4) is 0 Å².